The van der Waals surface area contributed by atoms with E-state index in [9.17, 15) is 9.59 Å². The molecule has 0 aromatic carbocycles. The van der Waals surface area contributed by atoms with Crippen molar-refractivity contribution < 1.29 is 14.3 Å². The number of hydrogen-bond donors (Lipinski definition) is 0. The largest absolute Gasteiger partial charge is 0.462 e. The summed E-state index contributed by atoms with van der Waals surface area (Å²) in [6, 6.07) is 0. The molecule has 2 atom stereocenters. The van der Waals surface area contributed by atoms with Crippen molar-refractivity contribution in [2.24, 2.45) is 5.92 Å². The summed E-state index contributed by atoms with van der Waals surface area (Å²) in [6.45, 7) is 1.39. The van der Waals surface area contributed by atoms with Crippen LogP contribution in [0, 0.1) is 5.92 Å². The lowest BCUT2D eigenvalue weighted by molar-refractivity contribution is -0.149. The average molecular weight is 211 g/mol. The highest BCUT2D eigenvalue weighted by Gasteiger charge is 2.27. The van der Waals surface area contributed by atoms with Gasteiger partial charge in [-0.2, -0.15) is 0 Å². The van der Waals surface area contributed by atoms with Crippen LogP contribution in [0.25, 0.3) is 0 Å². The lowest BCUT2D eigenvalue weighted by Gasteiger charge is -2.20. The standard InChI is InChI=1S/C11H17NO3/c1-8(13)15-10-6-4-5-9(10)7-11(14)12(2)3/h4-5,9-10H,6-7H2,1-3H3. The van der Waals surface area contributed by atoms with E-state index in [1.165, 1.54) is 6.92 Å². The lowest BCUT2D eigenvalue weighted by Crippen LogP contribution is -2.29. The molecule has 4 heteroatoms. The van der Waals surface area contributed by atoms with Crippen LogP contribution in [0.4, 0.5) is 0 Å². The molecule has 1 aliphatic carbocycles. The molecule has 1 rings (SSSR count). The summed E-state index contributed by atoms with van der Waals surface area (Å²) in [6.07, 6.45) is 4.87. The minimum absolute atomic E-state index is 0.0313. The van der Waals surface area contributed by atoms with Crippen LogP contribution >= 0.6 is 0 Å². The summed E-state index contributed by atoms with van der Waals surface area (Å²) in [5, 5.41) is 0. The minimum atomic E-state index is -0.286. The van der Waals surface area contributed by atoms with E-state index >= 15 is 0 Å². The van der Waals surface area contributed by atoms with Crippen LogP contribution < -0.4 is 0 Å². The molecular formula is C11H17NO3. The molecule has 0 N–H and O–H groups in total. The van der Waals surface area contributed by atoms with Crippen LogP contribution in [0.1, 0.15) is 19.8 Å². The molecule has 0 radical (unpaired) electrons. The number of ether oxygens (including phenoxy) is 1. The second kappa shape index (κ2) is 4.96. The highest BCUT2D eigenvalue weighted by Crippen LogP contribution is 2.25. The van der Waals surface area contributed by atoms with E-state index in [1.54, 1.807) is 19.0 Å². The van der Waals surface area contributed by atoms with Crippen LogP contribution in [-0.4, -0.2) is 37.0 Å². The molecule has 1 amide bonds. The van der Waals surface area contributed by atoms with Crippen molar-refractivity contribution in [3.63, 3.8) is 0 Å². The van der Waals surface area contributed by atoms with E-state index in [0.717, 1.165) is 0 Å². The highest BCUT2D eigenvalue weighted by atomic mass is 16.5. The summed E-state index contributed by atoms with van der Waals surface area (Å²) in [7, 11) is 3.45. The number of nitrogens with zero attached hydrogens (tertiary/aromatic N) is 1. The van der Waals surface area contributed by atoms with Crippen LogP contribution in [0.2, 0.25) is 0 Å². The molecule has 0 saturated carbocycles. The van der Waals surface area contributed by atoms with Gasteiger partial charge in [-0.3, -0.25) is 9.59 Å². The Kier molecular flexibility index (Phi) is 3.88. The van der Waals surface area contributed by atoms with Gasteiger partial charge in [0.05, 0.1) is 0 Å². The molecule has 0 heterocycles. The lowest BCUT2D eigenvalue weighted by atomic mass is 10.0. The Balaban J connectivity index is 2.49. The maximum atomic E-state index is 11.5. The third-order valence-corrected chi connectivity index (χ3v) is 2.46. The van der Waals surface area contributed by atoms with Crippen molar-refractivity contribution in [1.29, 1.82) is 0 Å². The molecule has 0 bridgehead atoms. The van der Waals surface area contributed by atoms with Gasteiger partial charge in [-0.1, -0.05) is 12.2 Å². The molecule has 0 aromatic rings. The quantitative estimate of drug-likeness (QED) is 0.516. The highest BCUT2D eigenvalue weighted by molar-refractivity contribution is 5.76. The first kappa shape index (κ1) is 11.8. The van der Waals surface area contributed by atoms with Gasteiger partial charge in [0.15, 0.2) is 0 Å². The predicted molar refractivity (Wildman–Crippen MR) is 56.1 cm³/mol. The molecule has 0 saturated heterocycles. The van der Waals surface area contributed by atoms with Crippen molar-refractivity contribution in [1.82, 2.24) is 4.90 Å². The fourth-order valence-electron chi connectivity index (χ4n) is 1.62. The van der Waals surface area contributed by atoms with Gasteiger partial charge in [0.2, 0.25) is 5.91 Å². The molecule has 4 nitrogen and oxygen atoms in total. The van der Waals surface area contributed by atoms with E-state index in [1.807, 2.05) is 12.2 Å². The first-order chi connectivity index (χ1) is 7.00. The predicted octanol–water partition coefficient (Wildman–Crippen LogP) is 0.972. The maximum absolute atomic E-state index is 11.5. The van der Waals surface area contributed by atoms with Gasteiger partial charge in [-0.25, -0.2) is 0 Å². The Labute approximate surface area is 89.9 Å². The summed E-state index contributed by atoms with van der Waals surface area (Å²) in [4.78, 5) is 23.9. The van der Waals surface area contributed by atoms with Gasteiger partial charge >= 0.3 is 5.97 Å². The van der Waals surface area contributed by atoms with E-state index in [0.29, 0.717) is 12.8 Å². The third-order valence-electron chi connectivity index (χ3n) is 2.46. The molecule has 0 aromatic heterocycles. The van der Waals surface area contributed by atoms with Crippen LogP contribution in [-0.2, 0) is 14.3 Å². The zero-order valence-electron chi connectivity index (χ0n) is 9.40. The third kappa shape index (κ3) is 3.38. The number of carbonyl (C=O) groups is 2. The van der Waals surface area contributed by atoms with Gasteiger partial charge in [-0.15, -0.1) is 0 Å². The van der Waals surface area contributed by atoms with Crippen molar-refractivity contribution in [2.75, 3.05) is 14.1 Å². The SMILES string of the molecule is CC(=O)OC1CC=CC1CC(=O)N(C)C. The van der Waals surface area contributed by atoms with Gasteiger partial charge in [0, 0.05) is 39.8 Å². The maximum Gasteiger partial charge on any atom is 0.302 e. The number of esters is 1. The smallest absolute Gasteiger partial charge is 0.302 e. The van der Waals surface area contributed by atoms with Gasteiger partial charge < -0.3 is 9.64 Å². The molecule has 0 aliphatic heterocycles. The van der Waals surface area contributed by atoms with Gasteiger partial charge in [0.1, 0.15) is 6.10 Å². The normalized spacial score (nSPS) is 23.9. The fraction of sp³-hybridized carbons (Fsp3) is 0.636. The average Bonchev–Trinajstić information content (AvgIpc) is 2.51. The molecule has 1 aliphatic rings. The van der Waals surface area contributed by atoms with E-state index < -0.39 is 0 Å². The second-order valence-electron chi connectivity index (χ2n) is 3.97. The van der Waals surface area contributed by atoms with Crippen molar-refractivity contribution >= 4 is 11.9 Å². The van der Waals surface area contributed by atoms with Crippen LogP contribution in [0.5, 0.6) is 0 Å². The Morgan fingerprint density at radius 1 is 1.47 bits per heavy atom. The number of hydrogen-bond acceptors (Lipinski definition) is 3. The zero-order valence-corrected chi connectivity index (χ0v) is 9.40. The molecule has 0 fully saturated rings. The Morgan fingerprint density at radius 2 is 2.13 bits per heavy atom. The number of rotatable bonds is 3. The van der Waals surface area contributed by atoms with E-state index in [2.05, 4.69) is 0 Å². The fourth-order valence-corrected chi connectivity index (χ4v) is 1.62. The van der Waals surface area contributed by atoms with Crippen molar-refractivity contribution in [3.05, 3.63) is 12.2 Å². The first-order valence-electron chi connectivity index (χ1n) is 5.04. The van der Waals surface area contributed by atoms with Crippen molar-refractivity contribution in [3.8, 4) is 0 Å². The molecule has 2 unspecified atom stereocenters. The second-order valence-corrected chi connectivity index (χ2v) is 3.97. The summed E-state index contributed by atoms with van der Waals surface area (Å²) < 4.78 is 5.13. The number of amides is 1. The van der Waals surface area contributed by atoms with Crippen LogP contribution in [0.15, 0.2) is 12.2 Å². The summed E-state index contributed by atoms with van der Waals surface area (Å²) in [5.41, 5.74) is 0. The summed E-state index contributed by atoms with van der Waals surface area (Å²) in [5.74, 6) is -0.196. The van der Waals surface area contributed by atoms with Crippen LogP contribution in [0.3, 0.4) is 0 Å². The molecular weight excluding hydrogens is 194 g/mol. The van der Waals surface area contributed by atoms with E-state index in [-0.39, 0.29) is 23.9 Å². The number of carbonyl (C=O) groups excluding carboxylic acids is 2. The Bertz CT molecular complexity index is 284. The Morgan fingerprint density at radius 3 is 2.67 bits per heavy atom. The monoisotopic (exact) mass is 211 g/mol. The molecule has 0 spiro atoms. The molecule has 15 heavy (non-hydrogen) atoms. The molecule has 84 valence electrons. The van der Waals surface area contributed by atoms with Gasteiger partial charge in [-0.05, 0) is 0 Å². The minimum Gasteiger partial charge on any atom is -0.462 e. The van der Waals surface area contributed by atoms with Gasteiger partial charge in [0.25, 0.3) is 0 Å². The zero-order chi connectivity index (χ0) is 11.4. The Hall–Kier alpha value is -1.32. The summed E-state index contributed by atoms with van der Waals surface area (Å²) >= 11 is 0. The van der Waals surface area contributed by atoms with E-state index in [4.69, 9.17) is 4.74 Å². The topological polar surface area (TPSA) is 46.6 Å². The first-order valence-corrected chi connectivity index (χ1v) is 5.04. The van der Waals surface area contributed by atoms with Crippen molar-refractivity contribution in [2.45, 2.75) is 25.9 Å².